The maximum atomic E-state index is 13.8. The zero-order valence-electron chi connectivity index (χ0n) is 25.5. The Balaban J connectivity index is 1.25. The van der Waals surface area contributed by atoms with E-state index in [9.17, 15) is 23.6 Å². The fourth-order valence-corrected chi connectivity index (χ4v) is 5.20. The van der Waals surface area contributed by atoms with Crippen molar-refractivity contribution in [3.63, 3.8) is 0 Å². The Morgan fingerprint density at radius 2 is 1.96 bits per heavy atom. The van der Waals surface area contributed by atoms with Gasteiger partial charge in [-0.1, -0.05) is 0 Å². The first-order valence-electron chi connectivity index (χ1n) is 14.3. The smallest absolute Gasteiger partial charge is 0.355 e. The molecule has 1 aromatic heterocycles. The molecule has 0 fully saturated rings. The number of halogens is 1. The first kappa shape index (κ1) is 31.5. The van der Waals surface area contributed by atoms with E-state index in [2.05, 4.69) is 10.3 Å². The summed E-state index contributed by atoms with van der Waals surface area (Å²) in [4.78, 5) is 53.9. The predicted molar refractivity (Wildman–Crippen MR) is 158 cm³/mol. The minimum Gasteiger partial charge on any atom is -0.488 e. The maximum absolute atomic E-state index is 13.8. The number of nitrogens with one attached hydrogen (secondary N) is 2. The zero-order valence-corrected chi connectivity index (χ0v) is 25.5. The molecule has 12 nitrogen and oxygen atoms in total. The number of esters is 2. The first-order valence-corrected chi connectivity index (χ1v) is 14.3. The highest BCUT2D eigenvalue weighted by Crippen LogP contribution is 2.42. The topological polar surface area (TPSA) is 145 Å². The van der Waals surface area contributed by atoms with E-state index >= 15 is 0 Å². The van der Waals surface area contributed by atoms with Gasteiger partial charge in [0.2, 0.25) is 6.41 Å². The highest BCUT2D eigenvalue weighted by Gasteiger charge is 2.39. The number of benzene rings is 2. The summed E-state index contributed by atoms with van der Waals surface area (Å²) in [6.45, 7) is 7.33. The van der Waals surface area contributed by atoms with Crippen LogP contribution in [0.3, 0.4) is 0 Å². The first-order chi connectivity index (χ1) is 21.3. The lowest BCUT2D eigenvalue weighted by Crippen LogP contribution is -2.55. The molecule has 0 aliphatic carbocycles. The van der Waals surface area contributed by atoms with Gasteiger partial charge in [0, 0.05) is 40.6 Å². The van der Waals surface area contributed by atoms with Crippen LogP contribution >= 0.6 is 0 Å². The molecule has 2 N–H and O–H groups in total. The van der Waals surface area contributed by atoms with Gasteiger partial charge in [0.15, 0.2) is 12.8 Å². The molecule has 2 aliphatic rings. The van der Waals surface area contributed by atoms with Crippen molar-refractivity contribution in [1.82, 2.24) is 15.2 Å². The Morgan fingerprint density at radius 3 is 2.67 bits per heavy atom. The lowest BCUT2D eigenvalue weighted by molar-refractivity contribution is -0.161. The zero-order chi connectivity index (χ0) is 32.5. The molecule has 3 heterocycles. The van der Waals surface area contributed by atoms with Gasteiger partial charge >= 0.3 is 11.9 Å². The average molecular weight is 624 g/mol. The fraction of sp³-hybridized carbons (Fsp3) is 0.375. The molecule has 5 rings (SSSR count). The molecule has 2 atom stereocenters. The van der Waals surface area contributed by atoms with Crippen LogP contribution in [0, 0.1) is 5.82 Å². The maximum Gasteiger partial charge on any atom is 0.355 e. The van der Waals surface area contributed by atoms with E-state index in [1.807, 2.05) is 0 Å². The van der Waals surface area contributed by atoms with Crippen molar-refractivity contribution in [2.24, 2.45) is 0 Å². The third-order valence-corrected chi connectivity index (χ3v) is 7.10. The van der Waals surface area contributed by atoms with Crippen LogP contribution < -0.4 is 14.8 Å². The van der Waals surface area contributed by atoms with Gasteiger partial charge in [0.25, 0.3) is 5.91 Å². The second kappa shape index (κ2) is 12.6. The number of ether oxygens (including phenoxy) is 5. The quantitative estimate of drug-likeness (QED) is 0.269. The van der Waals surface area contributed by atoms with E-state index in [4.69, 9.17) is 23.7 Å². The summed E-state index contributed by atoms with van der Waals surface area (Å²) < 4.78 is 41.8. The van der Waals surface area contributed by atoms with Crippen molar-refractivity contribution in [2.45, 2.75) is 59.1 Å². The predicted octanol–water partition coefficient (Wildman–Crippen LogP) is 3.72. The Labute approximate surface area is 258 Å². The molecule has 2 unspecified atom stereocenters. The number of fused-ring (bicyclic) bond motifs is 5. The summed E-state index contributed by atoms with van der Waals surface area (Å²) >= 11 is 0. The molecule has 0 saturated heterocycles. The van der Waals surface area contributed by atoms with Crippen molar-refractivity contribution in [3.8, 4) is 22.8 Å². The number of hydrogen-bond acceptors (Lipinski definition) is 9. The van der Waals surface area contributed by atoms with Crippen LogP contribution in [0.2, 0.25) is 0 Å². The van der Waals surface area contributed by atoms with Gasteiger partial charge in [-0.2, -0.15) is 0 Å². The molecule has 2 amide bonds. The lowest BCUT2D eigenvalue weighted by Gasteiger charge is -2.39. The van der Waals surface area contributed by atoms with Crippen LogP contribution in [0.4, 0.5) is 4.39 Å². The highest BCUT2D eigenvalue weighted by molar-refractivity contribution is 5.93. The Kier molecular flexibility index (Phi) is 8.82. The van der Waals surface area contributed by atoms with Gasteiger partial charge in [-0.05, 0) is 58.0 Å². The summed E-state index contributed by atoms with van der Waals surface area (Å²) in [6.07, 6.45) is -0.663. The number of H-pyrrole nitrogens is 1. The van der Waals surface area contributed by atoms with Crippen molar-refractivity contribution in [3.05, 3.63) is 59.0 Å². The van der Waals surface area contributed by atoms with Crippen molar-refractivity contribution in [2.75, 3.05) is 19.8 Å². The number of rotatable bonds is 9. The molecule has 45 heavy (non-hydrogen) atoms. The molecule has 0 radical (unpaired) electrons. The average Bonchev–Trinajstić information content (AvgIpc) is 3.35. The Hall–Kier alpha value is -4.91. The molecule has 2 aliphatic heterocycles. The van der Waals surface area contributed by atoms with Crippen LogP contribution in [0.25, 0.3) is 22.2 Å². The fourth-order valence-electron chi connectivity index (χ4n) is 5.20. The molecule has 2 aromatic carbocycles. The van der Waals surface area contributed by atoms with E-state index in [0.717, 1.165) is 32.6 Å². The van der Waals surface area contributed by atoms with E-state index in [0.29, 0.717) is 17.9 Å². The van der Waals surface area contributed by atoms with Gasteiger partial charge < -0.3 is 34.0 Å². The van der Waals surface area contributed by atoms with E-state index in [1.54, 1.807) is 52.0 Å². The van der Waals surface area contributed by atoms with E-state index < -0.39 is 35.7 Å². The van der Waals surface area contributed by atoms with Crippen LogP contribution in [0.5, 0.6) is 11.5 Å². The van der Waals surface area contributed by atoms with E-state index in [1.165, 1.54) is 19.1 Å². The number of carbonyl (C=O) groups is 4. The molecule has 0 saturated carbocycles. The largest absolute Gasteiger partial charge is 0.488 e. The van der Waals surface area contributed by atoms with Gasteiger partial charge in [-0.3, -0.25) is 19.3 Å². The van der Waals surface area contributed by atoms with Gasteiger partial charge in [-0.15, -0.1) is 0 Å². The second-order valence-electron chi connectivity index (χ2n) is 11.7. The van der Waals surface area contributed by atoms with Gasteiger partial charge in [0.1, 0.15) is 41.8 Å². The minimum absolute atomic E-state index is 0.118. The molecular weight excluding hydrogens is 589 g/mol. The van der Waals surface area contributed by atoms with Crippen LogP contribution in [0.15, 0.2) is 47.7 Å². The summed E-state index contributed by atoms with van der Waals surface area (Å²) in [5.74, 6) is -1.28. The molecular formula is C32H34FN3O9. The third-order valence-electron chi connectivity index (χ3n) is 7.10. The molecule has 3 aromatic rings. The molecule has 0 bridgehead atoms. The van der Waals surface area contributed by atoms with Gasteiger partial charge in [-0.25, -0.2) is 9.18 Å². The summed E-state index contributed by atoms with van der Waals surface area (Å²) in [5.41, 5.74) is 2.53. The number of carbonyl (C=O) groups excluding carboxylic acids is 4. The molecule has 13 heteroatoms. The van der Waals surface area contributed by atoms with Crippen molar-refractivity contribution >= 4 is 35.2 Å². The van der Waals surface area contributed by atoms with Crippen LogP contribution in [0.1, 0.15) is 40.2 Å². The summed E-state index contributed by atoms with van der Waals surface area (Å²) in [5, 5.41) is 3.49. The third kappa shape index (κ3) is 6.93. The number of nitrogens with zero attached hydrogens (tertiary/aromatic N) is 1. The van der Waals surface area contributed by atoms with Gasteiger partial charge in [0.05, 0.1) is 18.3 Å². The Bertz CT molecular complexity index is 1690. The molecule has 0 spiro atoms. The summed E-state index contributed by atoms with van der Waals surface area (Å²) in [6, 6.07) is 8.93. The van der Waals surface area contributed by atoms with E-state index in [-0.39, 0.29) is 43.5 Å². The number of aromatic nitrogens is 1. The monoisotopic (exact) mass is 623 g/mol. The van der Waals surface area contributed by atoms with Crippen molar-refractivity contribution in [1.29, 1.82) is 0 Å². The molecule has 238 valence electrons. The number of hydrogen-bond donors (Lipinski definition) is 2. The highest BCUT2D eigenvalue weighted by atomic mass is 19.1. The normalized spacial score (nSPS) is 16.7. The standard InChI is InChI=1S/C32H34FN3O9/c1-17(30-36(16-37)29(31(40)45-32(3,4)5)19(13-44-30)12-41-18(2)38)34-27(39)15-42-21-7-8-22-26(11-21)43-14-24-23-10-20(33)6-9-25(23)35-28(22)24/h6-11,16-17,30,35H,12-15H2,1-5H3,(H,34,39). The Morgan fingerprint density at radius 1 is 1.18 bits per heavy atom. The van der Waals surface area contributed by atoms with Crippen LogP contribution in [-0.2, 0) is 40.0 Å². The second-order valence-corrected chi connectivity index (χ2v) is 11.7. The van der Waals surface area contributed by atoms with Crippen molar-refractivity contribution < 1.29 is 47.3 Å². The minimum atomic E-state index is -1.06. The summed E-state index contributed by atoms with van der Waals surface area (Å²) in [7, 11) is 0. The lowest BCUT2D eigenvalue weighted by atomic mass is 10.0. The number of amides is 2. The van der Waals surface area contributed by atoms with Crippen LogP contribution in [-0.4, -0.2) is 71.8 Å². The SMILES string of the molecule is CC(=O)OCC1=C(C(=O)OC(C)(C)C)N(C=O)C(C(C)NC(=O)COc2ccc3c(c2)OCc2c-3[nH]c3ccc(F)cc23)OC1. The number of aromatic amines is 1.